The molecule has 7 heteroatoms. The molecule has 1 aliphatic heterocycles. The van der Waals surface area contributed by atoms with E-state index in [9.17, 15) is 0 Å². The monoisotopic (exact) mass is 357 g/mol. The lowest BCUT2D eigenvalue weighted by Gasteiger charge is -2.23. The maximum Gasteiger partial charge on any atom is 0.162 e. The van der Waals surface area contributed by atoms with Gasteiger partial charge in [-0.15, -0.1) is 0 Å². The Bertz CT molecular complexity index is 1100. The minimum Gasteiger partial charge on any atom is -0.382 e. The molecule has 27 heavy (non-hydrogen) atoms. The summed E-state index contributed by atoms with van der Waals surface area (Å²) in [5, 5.41) is 5.45. The number of anilines is 2. The van der Waals surface area contributed by atoms with E-state index in [1.54, 1.807) is 12.4 Å². The van der Waals surface area contributed by atoms with E-state index in [1.165, 1.54) is 0 Å². The number of aryl methyl sites for hydroxylation is 1. The predicted molar refractivity (Wildman–Crippen MR) is 105 cm³/mol. The summed E-state index contributed by atoms with van der Waals surface area (Å²) in [7, 11) is 0. The van der Waals surface area contributed by atoms with Crippen LogP contribution in [0.5, 0.6) is 0 Å². The van der Waals surface area contributed by atoms with Crippen LogP contribution >= 0.6 is 0 Å². The van der Waals surface area contributed by atoms with E-state index in [2.05, 4.69) is 21.0 Å². The van der Waals surface area contributed by atoms with Gasteiger partial charge in [0.05, 0.1) is 17.8 Å². The lowest BCUT2D eigenvalue weighted by molar-refractivity contribution is 0.593. The van der Waals surface area contributed by atoms with Crippen molar-refractivity contribution in [1.29, 1.82) is 0 Å². The number of nitrogens with two attached hydrogens (primary N) is 1. The van der Waals surface area contributed by atoms with E-state index in [0.717, 1.165) is 54.0 Å². The second-order valence-electron chi connectivity index (χ2n) is 6.68. The Hall–Kier alpha value is -3.48. The van der Waals surface area contributed by atoms with Gasteiger partial charge in [0, 0.05) is 42.5 Å². The van der Waals surface area contributed by atoms with Gasteiger partial charge < -0.3 is 10.6 Å². The Kier molecular flexibility index (Phi) is 3.71. The summed E-state index contributed by atoms with van der Waals surface area (Å²) < 4.78 is 2.00. The summed E-state index contributed by atoms with van der Waals surface area (Å²) in [4.78, 5) is 16.1. The molecule has 3 aromatic heterocycles. The van der Waals surface area contributed by atoms with Crippen LogP contribution in [-0.2, 0) is 13.1 Å². The molecule has 0 saturated carbocycles. The van der Waals surface area contributed by atoms with Gasteiger partial charge in [-0.3, -0.25) is 9.67 Å². The molecule has 0 unspecified atom stereocenters. The molecule has 0 radical (unpaired) electrons. The quantitative estimate of drug-likeness (QED) is 0.594. The van der Waals surface area contributed by atoms with Gasteiger partial charge in [0.25, 0.3) is 0 Å². The number of rotatable bonds is 2. The third-order valence-electron chi connectivity index (χ3n) is 4.85. The van der Waals surface area contributed by atoms with Crippen molar-refractivity contribution >= 4 is 22.5 Å². The smallest absolute Gasteiger partial charge is 0.162 e. The number of nitrogens with zero attached hydrogens (tertiary/aromatic N) is 6. The van der Waals surface area contributed by atoms with Crippen molar-refractivity contribution in [2.45, 2.75) is 19.5 Å². The largest absolute Gasteiger partial charge is 0.382 e. The zero-order valence-electron chi connectivity index (χ0n) is 14.8. The van der Waals surface area contributed by atoms with Crippen molar-refractivity contribution in [2.75, 3.05) is 17.2 Å². The fourth-order valence-corrected chi connectivity index (χ4v) is 3.60. The lowest BCUT2D eigenvalue weighted by Crippen LogP contribution is -2.24. The molecule has 0 fully saturated rings. The van der Waals surface area contributed by atoms with Gasteiger partial charge in [-0.2, -0.15) is 5.10 Å². The van der Waals surface area contributed by atoms with E-state index < -0.39 is 0 Å². The van der Waals surface area contributed by atoms with Crippen LogP contribution < -0.4 is 10.6 Å². The second-order valence-corrected chi connectivity index (χ2v) is 6.68. The first-order valence-corrected chi connectivity index (χ1v) is 9.02. The minimum absolute atomic E-state index is 0.567. The van der Waals surface area contributed by atoms with Gasteiger partial charge in [0.15, 0.2) is 5.82 Å². The molecule has 0 atom stereocenters. The van der Waals surface area contributed by atoms with E-state index in [4.69, 9.17) is 15.7 Å². The van der Waals surface area contributed by atoms with E-state index in [0.29, 0.717) is 11.6 Å². The van der Waals surface area contributed by atoms with Crippen LogP contribution in [-0.4, -0.2) is 31.3 Å². The molecule has 0 aliphatic carbocycles. The summed E-state index contributed by atoms with van der Waals surface area (Å²) in [6.45, 7) is 2.49. The number of nitrogen functional groups attached to an aromatic ring is 1. The van der Waals surface area contributed by atoms with E-state index >= 15 is 0 Å². The lowest BCUT2D eigenvalue weighted by atomic mass is 10.2. The van der Waals surface area contributed by atoms with Crippen LogP contribution in [0.15, 0.2) is 54.9 Å². The van der Waals surface area contributed by atoms with Gasteiger partial charge in [0.2, 0.25) is 0 Å². The van der Waals surface area contributed by atoms with Crippen molar-refractivity contribution in [2.24, 2.45) is 0 Å². The molecular weight excluding hydrogens is 338 g/mol. The summed E-state index contributed by atoms with van der Waals surface area (Å²) in [5.74, 6) is 2.22. The summed E-state index contributed by atoms with van der Waals surface area (Å²) in [6, 6.07) is 14.0. The van der Waals surface area contributed by atoms with Crippen LogP contribution in [0.3, 0.4) is 0 Å². The van der Waals surface area contributed by atoms with Crippen LogP contribution in [0, 0.1) is 0 Å². The number of para-hydroxylation sites is 1. The molecule has 4 heterocycles. The Labute approximate surface area is 156 Å². The Morgan fingerprint density at radius 1 is 0.963 bits per heavy atom. The van der Waals surface area contributed by atoms with Gasteiger partial charge >= 0.3 is 0 Å². The van der Waals surface area contributed by atoms with Crippen molar-refractivity contribution in [3.8, 4) is 11.4 Å². The Morgan fingerprint density at radius 2 is 1.81 bits per heavy atom. The molecule has 2 N–H and O–H groups in total. The number of hydrogen-bond donors (Lipinski definition) is 1. The minimum atomic E-state index is 0.567. The first-order valence-electron chi connectivity index (χ1n) is 9.02. The average molecular weight is 357 g/mol. The molecule has 7 nitrogen and oxygen atoms in total. The van der Waals surface area contributed by atoms with Crippen molar-refractivity contribution in [3.63, 3.8) is 0 Å². The highest BCUT2D eigenvalue weighted by Crippen LogP contribution is 2.29. The molecule has 5 rings (SSSR count). The van der Waals surface area contributed by atoms with Crippen molar-refractivity contribution < 1.29 is 0 Å². The van der Waals surface area contributed by atoms with Gasteiger partial charge in [-0.1, -0.05) is 12.1 Å². The van der Waals surface area contributed by atoms with Crippen molar-refractivity contribution in [1.82, 2.24) is 24.7 Å². The third kappa shape index (κ3) is 2.87. The fourth-order valence-electron chi connectivity index (χ4n) is 3.60. The Balaban J connectivity index is 1.65. The number of hydrogen-bond acceptors (Lipinski definition) is 6. The maximum absolute atomic E-state index is 5.90. The molecule has 1 aromatic carbocycles. The molecule has 134 valence electrons. The Morgan fingerprint density at radius 3 is 2.70 bits per heavy atom. The zero-order chi connectivity index (χ0) is 18.2. The molecule has 0 amide bonds. The van der Waals surface area contributed by atoms with Crippen LogP contribution in [0.1, 0.15) is 12.1 Å². The van der Waals surface area contributed by atoms with E-state index in [-0.39, 0.29) is 0 Å². The molecule has 0 bridgehead atoms. The number of benzene rings is 1. The standard InChI is InChI=1S/C20H19N7/c21-18-12-15-13-26(10-3-11-27(15)25-18)20-16-4-1-2-5-17(16)23-19(24-20)14-6-8-22-9-7-14/h1-2,4-9,12H,3,10-11,13H2,(H2,21,25). The molecule has 1 aliphatic rings. The zero-order valence-corrected chi connectivity index (χ0v) is 14.8. The summed E-state index contributed by atoms with van der Waals surface area (Å²) >= 11 is 0. The topological polar surface area (TPSA) is 85.8 Å². The van der Waals surface area contributed by atoms with Gasteiger partial charge in [-0.05, 0) is 30.7 Å². The number of aromatic nitrogens is 5. The first-order chi connectivity index (χ1) is 13.3. The maximum atomic E-state index is 5.90. The number of fused-ring (bicyclic) bond motifs is 2. The average Bonchev–Trinajstić information content (AvgIpc) is 2.94. The summed E-state index contributed by atoms with van der Waals surface area (Å²) in [5.41, 5.74) is 8.91. The van der Waals surface area contributed by atoms with Crippen molar-refractivity contribution in [3.05, 3.63) is 60.6 Å². The van der Waals surface area contributed by atoms with Crippen LogP contribution in [0.4, 0.5) is 11.6 Å². The molecule has 0 saturated heterocycles. The normalized spacial score (nSPS) is 14.1. The third-order valence-corrected chi connectivity index (χ3v) is 4.85. The molecule has 0 spiro atoms. The molecular formula is C20H19N7. The highest BCUT2D eigenvalue weighted by Gasteiger charge is 2.20. The fraction of sp³-hybridized carbons (Fsp3) is 0.200. The van der Waals surface area contributed by atoms with Crippen LogP contribution in [0.2, 0.25) is 0 Å². The predicted octanol–water partition coefficient (Wildman–Crippen LogP) is 2.88. The highest BCUT2D eigenvalue weighted by molar-refractivity contribution is 5.91. The SMILES string of the molecule is Nc1cc2n(n1)CCCN(c1nc(-c3ccncc3)nc3ccccc13)C2. The highest BCUT2D eigenvalue weighted by atomic mass is 15.3. The first kappa shape index (κ1) is 15.7. The molecule has 4 aromatic rings. The number of pyridine rings is 1. The van der Waals surface area contributed by atoms with Gasteiger partial charge in [-0.25, -0.2) is 9.97 Å². The second kappa shape index (κ2) is 6.35. The summed E-state index contributed by atoms with van der Waals surface area (Å²) in [6.07, 6.45) is 4.51. The van der Waals surface area contributed by atoms with Gasteiger partial charge in [0.1, 0.15) is 11.6 Å². The van der Waals surface area contributed by atoms with Crippen LogP contribution in [0.25, 0.3) is 22.3 Å². The van der Waals surface area contributed by atoms with E-state index in [1.807, 2.05) is 41.1 Å².